The molecule has 1 fully saturated rings. The van der Waals surface area contributed by atoms with E-state index in [2.05, 4.69) is 4.90 Å². The van der Waals surface area contributed by atoms with E-state index in [4.69, 9.17) is 9.84 Å². The Bertz CT molecular complexity index is 196. The van der Waals surface area contributed by atoms with Gasteiger partial charge in [-0.15, -0.1) is 0 Å². The summed E-state index contributed by atoms with van der Waals surface area (Å²) in [4.78, 5) is 12.9. The number of likely N-dealkylation sites (N-methyl/N-ethyl adjacent to an activating group) is 1. The van der Waals surface area contributed by atoms with Crippen LogP contribution in [0, 0.1) is 0 Å². The van der Waals surface area contributed by atoms with E-state index in [-0.39, 0.29) is 6.10 Å². The molecule has 2 atom stereocenters. The Morgan fingerprint density at radius 1 is 1.71 bits per heavy atom. The Balaban J connectivity index is 2.37. The molecule has 4 heteroatoms. The highest BCUT2D eigenvalue weighted by molar-refractivity contribution is 5.72. The molecular weight excluding hydrogens is 182 g/mol. The van der Waals surface area contributed by atoms with Crippen molar-refractivity contribution >= 4 is 5.97 Å². The van der Waals surface area contributed by atoms with Gasteiger partial charge in [0, 0.05) is 6.54 Å². The van der Waals surface area contributed by atoms with Crippen LogP contribution < -0.4 is 0 Å². The highest BCUT2D eigenvalue weighted by atomic mass is 16.5. The highest BCUT2D eigenvalue weighted by Crippen LogP contribution is 2.14. The van der Waals surface area contributed by atoms with Crippen molar-refractivity contribution in [3.05, 3.63) is 0 Å². The fraction of sp³-hybridized carbons (Fsp3) is 0.900. The van der Waals surface area contributed by atoms with Crippen LogP contribution in [0.4, 0.5) is 0 Å². The second-order valence-electron chi connectivity index (χ2n) is 3.90. The Morgan fingerprint density at radius 3 is 2.93 bits per heavy atom. The van der Waals surface area contributed by atoms with Crippen LogP contribution in [0.25, 0.3) is 0 Å². The predicted molar refractivity (Wildman–Crippen MR) is 53.3 cm³/mol. The van der Waals surface area contributed by atoms with E-state index in [1.54, 1.807) is 0 Å². The van der Waals surface area contributed by atoms with Gasteiger partial charge in [0.2, 0.25) is 0 Å². The molecule has 0 amide bonds. The van der Waals surface area contributed by atoms with Gasteiger partial charge in [-0.1, -0.05) is 6.92 Å². The second kappa shape index (κ2) is 5.32. The lowest BCUT2D eigenvalue weighted by Gasteiger charge is -2.31. The minimum absolute atomic E-state index is 0.0924. The summed E-state index contributed by atoms with van der Waals surface area (Å²) in [6, 6.07) is 0. The maximum Gasteiger partial charge on any atom is 0.332 e. The number of rotatable bonds is 4. The van der Waals surface area contributed by atoms with Crippen molar-refractivity contribution in [3.8, 4) is 0 Å². The number of carboxylic acid groups (broad SMARTS) is 1. The van der Waals surface area contributed by atoms with Crippen LogP contribution >= 0.6 is 0 Å². The van der Waals surface area contributed by atoms with Gasteiger partial charge in [-0.3, -0.25) is 0 Å². The highest BCUT2D eigenvalue weighted by Gasteiger charge is 2.24. The molecule has 14 heavy (non-hydrogen) atoms. The second-order valence-corrected chi connectivity index (χ2v) is 3.90. The monoisotopic (exact) mass is 201 g/mol. The molecule has 0 aromatic carbocycles. The first kappa shape index (κ1) is 11.5. The molecule has 1 rings (SSSR count). The van der Waals surface area contributed by atoms with Crippen molar-refractivity contribution in [1.82, 2.24) is 4.90 Å². The Kier molecular flexibility index (Phi) is 4.35. The molecule has 0 radical (unpaired) electrons. The fourth-order valence-electron chi connectivity index (χ4n) is 1.79. The summed E-state index contributed by atoms with van der Waals surface area (Å²) >= 11 is 0. The lowest BCUT2D eigenvalue weighted by molar-refractivity contribution is -0.156. The number of hydrogen-bond donors (Lipinski definition) is 1. The molecule has 0 bridgehead atoms. The minimum Gasteiger partial charge on any atom is -0.479 e. The number of aliphatic carboxylic acids is 1. The van der Waals surface area contributed by atoms with E-state index < -0.39 is 12.1 Å². The van der Waals surface area contributed by atoms with Crippen molar-refractivity contribution in [2.75, 3.05) is 20.1 Å². The summed E-state index contributed by atoms with van der Waals surface area (Å²) in [5.74, 6) is -0.847. The Labute approximate surface area is 84.8 Å². The predicted octanol–water partition coefficient (Wildman–Crippen LogP) is 0.960. The van der Waals surface area contributed by atoms with Crippen LogP contribution in [0.15, 0.2) is 0 Å². The van der Waals surface area contributed by atoms with Crippen molar-refractivity contribution in [2.45, 2.75) is 38.4 Å². The van der Waals surface area contributed by atoms with Crippen LogP contribution in [0.1, 0.15) is 26.2 Å². The van der Waals surface area contributed by atoms with Crippen LogP contribution in [0.2, 0.25) is 0 Å². The van der Waals surface area contributed by atoms with Crippen molar-refractivity contribution < 1.29 is 14.6 Å². The van der Waals surface area contributed by atoms with Crippen LogP contribution in [-0.4, -0.2) is 48.3 Å². The summed E-state index contributed by atoms with van der Waals surface area (Å²) in [7, 11) is 2.04. The average Bonchev–Trinajstić information content (AvgIpc) is 2.14. The van der Waals surface area contributed by atoms with Gasteiger partial charge < -0.3 is 14.7 Å². The van der Waals surface area contributed by atoms with Gasteiger partial charge in [-0.25, -0.2) is 4.79 Å². The minimum atomic E-state index is -0.847. The molecule has 0 saturated carbocycles. The third-order valence-corrected chi connectivity index (χ3v) is 2.58. The van der Waals surface area contributed by atoms with E-state index in [9.17, 15) is 4.79 Å². The molecule has 0 aromatic heterocycles. The number of hydrogen-bond acceptors (Lipinski definition) is 3. The van der Waals surface area contributed by atoms with E-state index in [1.165, 1.54) is 0 Å². The van der Waals surface area contributed by atoms with E-state index in [1.807, 2.05) is 14.0 Å². The van der Waals surface area contributed by atoms with Crippen molar-refractivity contribution in [3.63, 3.8) is 0 Å². The van der Waals surface area contributed by atoms with Gasteiger partial charge in [-0.2, -0.15) is 0 Å². The molecule has 4 nitrogen and oxygen atoms in total. The largest absolute Gasteiger partial charge is 0.479 e. The van der Waals surface area contributed by atoms with Crippen LogP contribution in [-0.2, 0) is 9.53 Å². The molecular formula is C10H19NO3. The summed E-state index contributed by atoms with van der Waals surface area (Å²) in [5.41, 5.74) is 0. The number of nitrogens with zero attached hydrogens (tertiary/aromatic N) is 1. The third-order valence-electron chi connectivity index (χ3n) is 2.58. The molecule has 2 unspecified atom stereocenters. The SMILES string of the molecule is CCC(OC1CCCN(C)C1)C(=O)O. The molecule has 82 valence electrons. The lowest BCUT2D eigenvalue weighted by atomic mass is 10.1. The quantitative estimate of drug-likeness (QED) is 0.736. The molecule has 1 N–H and O–H groups in total. The summed E-state index contributed by atoms with van der Waals surface area (Å²) < 4.78 is 5.53. The van der Waals surface area contributed by atoms with Gasteiger partial charge in [0.05, 0.1) is 6.10 Å². The third kappa shape index (κ3) is 3.27. The number of carbonyl (C=O) groups is 1. The Hall–Kier alpha value is -0.610. The molecule has 1 aliphatic rings. The zero-order chi connectivity index (χ0) is 10.6. The lowest BCUT2D eigenvalue weighted by Crippen LogP contribution is -2.40. The van der Waals surface area contributed by atoms with Gasteiger partial charge in [-0.05, 0) is 32.9 Å². The number of carboxylic acids is 1. The fourth-order valence-corrected chi connectivity index (χ4v) is 1.79. The maximum atomic E-state index is 10.7. The Morgan fingerprint density at radius 2 is 2.43 bits per heavy atom. The zero-order valence-electron chi connectivity index (χ0n) is 8.90. The molecule has 0 aromatic rings. The first-order chi connectivity index (χ1) is 6.63. The number of piperidine rings is 1. The van der Waals surface area contributed by atoms with Crippen molar-refractivity contribution in [1.29, 1.82) is 0 Å². The average molecular weight is 201 g/mol. The standard InChI is InChI=1S/C10H19NO3/c1-3-9(10(12)13)14-8-5-4-6-11(2)7-8/h8-9H,3-7H2,1-2H3,(H,12,13). The topological polar surface area (TPSA) is 49.8 Å². The molecule has 0 spiro atoms. The number of ether oxygens (including phenoxy) is 1. The normalized spacial score (nSPS) is 26.0. The van der Waals surface area contributed by atoms with E-state index in [0.717, 1.165) is 25.9 Å². The molecule has 1 heterocycles. The maximum absolute atomic E-state index is 10.7. The van der Waals surface area contributed by atoms with Crippen molar-refractivity contribution in [2.24, 2.45) is 0 Å². The molecule has 1 aliphatic heterocycles. The zero-order valence-corrected chi connectivity index (χ0v) is 8.90. The van der Waals surface area contributed by atoms with Crippen LogP contribution in [0.3, 0.4) is 0 Å². The first-order valence-corrected chi connectivity index (χ1v) is 5.20. The smallest absolute Gasteiger partial charge is 0.332 e. The molecule has 0 aliphatic carbocycles. The summed E-state index contributed by atoms with van der Waals surface area (Å²) in [5, 5.41) is 8.83. The van der Waals surface area contributed by atoms with Gasteiger partial charge in [0.25, 0.3) is 0 Å². The summed E-state index contributed by atoms with van der Waals surface area (Å²) in [6.07, 6.45) is 2.07. The number of likely N-dealkylation sites (tertiary alicyclic amines) is 1. The van der Waals surface area contributed by atoms with Gasteiger partial charge in [0.15, 0.2) is 6.10 Å². The summed E-state index contributed by atoms with van der Waals surface area (Å²) in [6.45, 7) is 3.78. The van der Waals surface area contributed by atoms with E-state index >= 15 is 0 Å². The van der Waals surface area contributed by atoms with Gasteiger partial charge >= 0.3 is 5.97 Å². The molecule has 1 saturated heterocycles. The van der Waals surface area contributed by atoms with Gasteiger partial charge in [0.1, 0.15) is 0 Å². The van der Waals surface area contributed by atoms with Crippen LogP contribution in [0.5, 0.6) is 0 Å². The van der Waals surface area contributed by atoms with E-state index in [0.29, 0.717) is 6.42 Å². The first-order valence-electron chi connectivity index (χ1n) is 5.20.